The van der Waals surface area contributed by atoms with Crippen LogP contribution in [0.4, 0.5) is 8.78 Å². The van der Waals surface area contributed by atoms with E-state index in [1.54, 1.807) is 25.4 Å². The molecule has 0 aliphatic heterocycles. The van der Waals surface area contributed by atoms with Gasteiger partial charge in [0.25, 0.3) is 0 Å². The molecule has 0 unspecified atom stereocenters. The first-order chi connectivity index (χ1) is 19.6. The van der Waals surface area contributed by atoms with Crippen LogP contribution in [0, 0.1) is 18.6 Å². The predicted octanol–water partition coefficient (Wildman–Crippen LogP) is 9.82. The van der Waals surface area contributed by atoms with Gasteiger partial charge < -0.3 is 5.73 Å². The van der Waals surface area contributed by atoms with Gasteiger partial charge in [-0.25, -0.2) is 8.78 Å². The molecule has 1 heterocycles. The monoisotopic (exact) mass is 559 g/mol. The molecule has 1 aromatic carbocycles. The van der Waals surface area contributed by atoms with Gasteiger partial charge in [0.15, 0.2) is 11.6 Å². The summed E-state index contributed by atoms with van der Waals surface area (Å²) in [5, 5.41) is 0. The van der Waals surface area contributed by atoms with Gasteiger partial charge in [-0.2, -0.15) is 0 Å². The first kappa shape index (κ1) is 36.9. The van der Waals surface area contributed by atoms with Crippen LogP contribution in [0.15, 0.2) is 114 Å². The number of aliphatic imine (C=N–C) groups is 1. The molecule has 0 amide bonds. The van der Waals surface area contributed by atoms with Crippen molar-refractivity contribution in [3.8, 4) is 0 Å². The smallest absolute Gasteiger partial charge is 0.159 e. The third-order valence-corrected chi connectivity index (χ3v) is 5.87. The number of aromatic nitrogens is 1. The normalized spacial score (nSPS) is 11.4. The Morgan fingerprint density at radius 2 is 1.78 bits per heavy atom. The minimum Gasteiger partial charge on any atom is -0.405 e. The topological polar surface area (TPSA) is 51.3 Å². The molecule has 0 fully saturated rings. The maximum atomic E-state index is 13.1. The molecule has 0 saturated carbocycles. The van der Waals surface area contributed by atoms with Crippen LogP contribution in [0.5, 0.6) is 0 Å². The van der Waals surface area contributed by atoms with Crippen molar-refractivity contribution < 1.29 is 8.78 Å². The van der Waals surface area contributed by atoms with E-state index in [0.717, 1.165) is 58.0 Å². The van der Waals surface area contributed by atoms with Crippen LogP contribution in [0.25, 0.3) is 5.57 Å². The Balaban J connectivity index is 0.000000673. The number of halogens is 2. The van der Waals surface area contributed by atoms with Gasteiger partial charge in [0, 0.05) is 36.3 Å². The number of nitrogens with two attached hydrogens (primary N) is 1. The number of allylic oxidation sites excluding steroid dienone is 11. The summed E-state index contributed by atoms with van der Waals surface area (Å²) in [6.07, 6.45) is 21.5. The molecular weight excluding hydrogens is 512 g/mol. The van der Waals surface area contributed by atoms with E-state index in [-0.39, 0.29) is 0 Å². The van der Waals surface area contributed by atoms with Crippen molar-refractivity contribution >= 4 is 11.8 Å². The van der Waals surface area contributed by atoms with Gasteiger partial charge in [-0.3, -0.25) is 9.98 Å². The number of hydrogen-bond acceptors (Lipinski definition) is 3. The van der Waals surface area contributed by atoms with Gasteiger partial charge in [0.2, 0.25) is 0 Å². The Hall–Kier alpha value is -4.12. The molecule has 0 aliphatic carbocycles. The molecule has 0 spiro atoms. The number of nitrogens with zero attached hydrogens (tertiary/aromatic N) is 2. The van der Waals surface area contributed by atoms with Crippen LogP contribution in [-0.2, 0) is 6.42 Å². The summed E-state index contributed by atoms with van der Waals surface area (Å²) in [4.78, 5) is 8.43. The zero-order valence-electron chi connectivity index (χ0n) is 25.8. The van der Waals surface area contributed by atoms with Gasteiger partial charge in [0.1, 0.15) is 0 Å². The lowest BCUT2D eigenvalue weighted by molar-refractivity contribution is 0.507. The fourth-order valence-electron chi connectivity index (χ4n) is 3.31. The molecule has 5 heteroatoms. The number of pyridine rings is 1. The third kappa shape index (κ3) is 15.3. The zero-order chi connectivity index (χ0) is 31.2. The highest BCUT2D eigenvalue weighted by molar-refractivity contribution is 5.83. The summed E-state index contributed by atoms with van der Waals surface area (Å²) in [5.41, 5.74) is 13.3. The van der Waals surface area contributed by atoms with E-state index < -0.39 is 11.6 Å². The predicted molar refractivity (Wildman–Crippen MR) is 176 cm³/mol. The van der Waals surface area contributed by atoms with E-state index in [0.29, 0.717) is 6.42 Å². The number of aryl methyl sites for hydroxylation is 1. The van der Waals surface area contributed by atoms with Crippen LogP contribution >= 0.6 is 0 Å². The second-order valence-corrected chi connectivity index (χ2v) is 9.24. The quantitative estimate of drug-likeness (QED) is 0.233. The van der Waals surface area contributed by atoms with Crippen molar-refractivity contribution in [1.29, 1.82) is 0 Å². The van der Waals surface area contributed by atoms with Crippen molar-refractivity contribution in [2.45, 2.75) is 60.8 Å². The van der Waals surface area contributed by atoms with Crippen molar-refractivity contribution in [3.63, 3.8) is 0 Å². The highest BCUT2D eigenvalue weighted by Gasteiger charge is 2.04. The number of rotatable bonds is 10. The van der Waals surface area contributed by atoms with E-state index in [2.05, 4.69) is 55.2 Å². The Morgan fingerprint density at radius 3 is 2.27 bits per heavy atom. The Kier molecular flexibility index (Phi) is 19.5. The van der Waals surface area contributed by atoms with Crippen LogP contribution in [-0.4, -0.2) is 18.2 Å². The summed E-state index contributed by atoms with van der Waals surface area (Å²) in [7, 11) is 1.76. The number of hydrogen-bond donors (Lipinski definition) is 1. The van der Waals surface area contributed by atoms with Gasteiger partial charge in [0.05, 0.1) is 0 Å². The van der Waals surface area contributed by atoms with Crippen LogP contribution < -0.4 is 5.73 Å². The molecule has 0 aliphatic rings. The fraction of sp³-hybridized carbons (Fsp3) is 0.278. The third-order valence-electron chi connectivity index (χ3n) is 5.87. The fourth-order valence-corrected chi connectivity index (χ4v) is 3.31. The molecule has 0 bridgehead atoms. The zero-order valence-corrected chi connectivity index (χ0v) is 25.8. The largest absolute Gasteiger partial charge is 0.405 e. The van der Waals surface area contributed by atoms with Crippen molar-refractivity contribution in [1.82, 2.24) is 4.98 Å². The summed E-state index contributed by atoms with van der Waals surface area (Å²) in [6.45, 7) is 19.9. The van der Waals surface area contributed by atoms with E-state index in [4.69, 9.17) is 5.73 Å². The second kappa shape index (κ2) is 21.7. The molecule has 0 radical (unpaired) electrons. The standard InChI is InChI=1S/C17H22N2.C15H16F2.C4H9N/c1-6-15(7-2)9-8-13(3)16-10-17(11-18-5)14(4)19-12-16;1-4-5-6-13(11(2)3)9-12-7-8-14(16)15(17)10-12;1-2-3-4-5/h6,8-12H,3,7H2,1-2,4-5H3;4-8,10H,1,9H2,2-3H3;3-4H,2,5H2,1H3/b9-8-,15-6-,18-11?;6-5-;. The van der Waals surface area contributed by atoms with Crippen LogP contribution in [0.2, 0.25) is 0 Å². The van der Waals surface area contributed by atoms with E-state index in [1.165, 1.54) is 11.6 Å². The Morgan fingerprint density at radius 1 is 1.07 bits per heavy atom. The summed E-state index contributed by atoms with van der Waals surface area (Å²) in [6, 6.07) is 6.07. The Labute approximate surface area is 247 Å². The molecule has 1 aromatic heterocycles. The van der Waals surface area contributed by atoms with Crippen LogP contribution in [0.3, 0.4) is 0 Å². The van der Waals surface area contributed by atoms with Crippen LogP contribution in [0.1, 0.15) is 69.8 Å². The average Bonchev–Trinajstić information content (AvgIpc) is 2.95. The van der Waals surface area contributed by atoms with Crippen molar-refractivity contribution in [3.05, 3.63) is 143 Å². The SMILES string of the molecule is C=C(/C=C\C(=C/C)CC)c1cnc(C)c(C=NC)c1.C=C/C=C\C(Cc1ccc(F)c(F)c1)=C(C)C.CCC=CN. The Bertz CT molecular complexity index is 1290. The lowest BCUT2D eigenvalue weighted by Gasteiger charge is -2.06. The molecule has 41 heavy (non-hydrogen) atoms. The van der Waals surface area contributed by atoms with Crippen molar-refractivity contribution in [2.24, 2.45) is 10.7 Å². The molecule has 0 saturated heterocycles. The van der Waals surface area contributed by atoms with Gasteiger partial charge in [-0.15, -0.1) is 0 Å². The maximum absolute atomic E-state index is 13.1. The van der Waals surface area contributed by atoms with Gasteiger partial charge >= 0.3 is 0 Å². The van der Waals surface area contributed by atoms with E-state index in [9.17, 15) is 8.78 Å². The molecule has 0 atom stereocenters. The lowest BCUT2D eigenvalue weighted by atomic mass is 10.0. The lowest BCUT2D eigenvalue weighted by Crippen LogP contribution is -1.94. The highest BCUT2D eigenvalue weighted by atomic mass is 19.2. The summed E-state index contributed by atoms with van der Waals surface area (Å²) >= 11 is 0. The molecular formula is C36H47F2N3. The van der Waals surface area contributed by atoms with Gasteiger partial charge in [-0.1, -0.05) is 86.8 Å². The minimum absolute atomic E-state index is 0.587. The highest BCUT2D eigenvalue weighted by Crippen LogP contribution is 2.18. The second-order valence-electron chi connectivity index (χ2n) is 9.24. The molecule has 2 N–H and O–H groups in total. The van der Waals surface area contributed by atoms with Crippen molar-refractivity contribution in [2.75, 3.05) is 7.05 Å². The number of benzene rings is 1. The first-order valence-corrected chi connectivity index (χ1v) is 13.8. The average molecular weight is 560 g/mol. The molecule has 2 aromatic rings. The van der Waals surface area contributed by atoms with E-state index in [1.807, 2.05) is 64.4 Å². The minimum atomic E-state index is -0.811. The first-order valence-electron chi connectivity index (χ1n) is 13.8. The molecule has 3 nitrogen and oxygen atoms in total. The molecule has 2 rings (SSSR count). The summed E-state index contributed by atoms with van der Waals surface area (Å²) in [5.74, 6) is -1.61. The van der Waals surface area contributed by atoms with Gasteiger partial charge in [-0.05, 0) is 88.1 Å². The maximum Gasteiger partial charge on any atom is 0.159 e. The summed E-state index contributed by atoms with van der Waals surface area (Å²) < 4.78 is 25.8. The molecule has 220 valence electrons. The van der Waals surface area contributed by atoms with E-state index >= 15 is 0 Å².